The molecule has 0 aromatic heterocycles. The van der Waals surface area contributed by atoms with E-state index in [1.54, 1.807) is 11.0 Å². The van der Waals surface area contributed by atoms with Gasteiger partial charge in [-0.05, 0) is 30.8 Å². The molecule has 1 amide bonds. The lowest BCUT2D eigenvalue weighted by molar-refractivity contribution is -0.117. The molecule has 1 aromatic rings. The van der Waals surface area contributed by atoms with Gasteiger partial charge in [0.05, 0.1) is 6.42 Å². The number of hydrogen-bond acceptors (Lipinski definition) is 2. The van der Waals surface area contributed by atoms with Crippen molar-refractivity contribution in [3.8, 4) is 0 Å². The van der Waals surface area contributed by atoms with Gasteiger partial charge in [-0.2, -0.15) is 0 Å². The number of fused-ring (bicyclic) bond motifs is 1. The first-order chi connectivity index (χ1) is 7.22. The summed E-state index contributed by atoms with van der Waals surface area (Å²) in [5.74, 6) is -0.233. The summed E-state index contributed by atoms with van der Waals surface area (Å²) in [6.07, 6.45) is 0.316. The van der Waals surface area contributed by atoms with E-state index in [9.17, 15) is 9.18 Å². The van der Waals surface area contributed by atoms with Crippen LogP contribution in [-0.4, -0.2) is 26.0 Å². The summed E-state index contributed by atoms with van der Waals surface area (Å²) in [6, 6.07) is 4.50. The second-order valence-corrected chi connectivity index (χ2v) is 3.60. The van der Waals surface area contributed by atoms with Gasteiger partial charge in [0.15, 0.2) is 0 Å². The van der Waals surface area contributed by atoms with Crippen molar-refractivity contribution in [3.05, 3.63) is 29.6 Å². The Morgan fingerprint density at radius 2 is 2.33 bits per heavy atom. The summed E-state index contributed by atoms with van der Waals surface area (Å²) < 4.78 is 12.9. The number of nitrogens with zero attached hydrogens (tertiary/aromatic N) is 1. The predicted octanol–water partition coefficient (Wildman–Crippen LogP) is 0.934. The minimum Gasteiger partial charge on any atom is -0.318 e. The number of hydrogen-bond donors (Lipinski definition) is 1. The summed E-state index contributed by atoms with van der Waals surface area (Å²) in [6.45, 7) is 1.37. The third-order valence-electron chi connectivity index (χ3n) is 2.56. The highest BCUT2D eigenvalue weighted by Gasteiger charge is 2.26. The number of rotatable bonds is 3. The van der Waals surface area contributed by atoms with Crippen LogP contribution in [0.5, 0.6) is 0 Å². The number of anilines is 1. The quantitative estimate of drug-likeness (QED) is 0.801. The molecule has 0 fully saturated rings. The maximum absolute atomic E-state index is 12.9. The van der Waals surface area contributed by atoms with Gasteiger partial charge in [-0.1, -0.05) is 0 Å². The molecule has 0 spiro atoms. The molecule has 15 heavy (non-hydrogen) atoms. The minimum atomic E-state index is -0.281. The summed E-state index contributed by atoms with van der Waals surface area (Å²) in [5.41, 5.74) is 1.63. The molecule has 1 heterocycles. The lowest BCUT2D eigenvalue weighted by atomic mass is 10.1. The van der Waals surface area contributed by atoms with E-state index in [2.05, 4.69) is 5.32 Å². The highest BCUT2D eigenvalue weighted by Crippen LogP contribution is 2.28. The molecule has 0 saturated heterocycles. The molecule has 1 aromatic carbocycles. The lowest BCUT2D eigenvalue weighted by Crippen LogP contribution is -2.33. The third kappa shape index (κ3) is 1.85. The number of carbonyl (C=O) groups is 1. The SMILES string of the molecule is CNCCN1C(=O)Cc2cc(F)ccc21. The maximum atomic E-state index is 12.9. The Morgan fingerprint density at radius 3 is 3.07 bits per heavy atom. The average molecular weight is 208 g/mol. The number of nitrogens with one attached hydrogen (secondary N) is 1. The van der Waals surface area contributed by atoms with Crippen LogP contribution in [0.25, 0.3) is 0 Å². The molecule has 3 nitrogen and oxygen atoms in total. The van der Waals surface area contributed by atoms with E-state index in [4.69, 9.17) is 0 Å². The van der Waals surface area contributed by atoms with Crippen molar-refractivity contribution in [2.75, 3.05) is 25.0 Å². The molecule has 0 radical (unpaired) electrons. The topological polar surface area (TPSA) is 32.3 Å². The molecule has 0 unspecified atom stereocenters. The fourth-order valence-corrected chi connectivity index (χ4v) is 1.82. The van der Waals surface area contributed by atoms with Gasteiger partial charge in [0, 0.05) is 18.8 Å². The van der Waals surface area contributed by atoms with Crippen LogP contribution in [0.4, 0.5) is 10.1 Å². The lowest BCUT2D eigenvalue weighted by Gasteiger charge is -2.16. The first-order valence-corrected chi connectivity index (χ1v) is 4.96. The Morgan fingerprint density at radius 1 is 1.53 bits per heavy atom. The van der Waals surface area contributed by atoms with Crippen molar-refractivity contribution in [1.29, 1.82) is 0 Å². The van der Waals surface area contributed by atoms with Crippen LogP contribution in [0.2, 0.25) is 0 Å². The van der Waals surface area contributed by atoms with E-state index in [0.717, 1.165) is 17.8 Å². The molecule has 0 saturated carbocycles. The van der Waals surface area contributed by atoms with Crippen molar-refractivity contribution in [2.45, 2.75) is 6.42 Å². The molecule has 0 bridgehead atoms. The average Bonchev–Trinajstić information content (AvgIpc) is 2.50. The molecule has 2 rings (SSSR count). The fraction of sp³-hybridized carbons (Fsp3) is 0.364. The standard InChI is InChI=1S/C11H13FN2O/c1-13-4-5-14-10-3-2-9(12)6-8(10)7-11(14)15/h2-3,6,13H,4-5,7H2,1H3. The van der Waals surface area contributed by atoms with Crippen molar-refractivity contribution < 1.29 is 9.18 Å². The summed E-state index contributed by atoms with van der Waals surface area (Å²) in [4.78, 5) is 13.3. The number of amides is 1. The summed E-state index contributed by atoms with van der Waals surface area (Å²) in [7, 11) is 1.84. The number of likely N-dealkylation sites (N-methyl/N-ethyl adjacent to an activating group) is 1. The Bertz CT molecular complexity index is 392. The van der Waals surface area contributed by atoms with E-state index in [-0.39, 0.29) is 11.7 Å². The van der Waals surface area contributed by atoms with Gasteiger partial charge in [-0.25, -0.2) is 4.39 Å². The minimum absolute atomic E-state index is 0.0471. The second-order valence-electron chi connectivity index (χ2n) is 3.60. The van der Waals surface area contributed by atoms with E-state index < -0.39 is 0 Å². The van der Waals surface area contributed by atoms with Crippen LogP contribution in [0.15, 0.2) is 18.2 Å². The molecular formula is C11H13FN2O. The molecule has 0 aliphatic carbocycles. The Hall–Kier alpha value is -1.42. The first kappa shape index (κ1) is 10.1. The number of carbonyl (C=O) groups excluding carboxylic acids is 1. The van der Waals surface area contributed by atoms with Gasteiger partial charge in [-0.3, -0.25) is 4.79 Å². The summed E-state index contributed by atoms with van der Waals surface area (Å²) >= 11 is 0. The van der Waals surface area contributed by atoms with Crippen molar-refractivity contribution in [1.82, 2.24) is 5.32 Å². The molecule has 1 N–H and O–H groups in total. The Kier molecular flexibility index (Phi) is 2.68. The van der Waals surface area contributed by atoms with E-state index in [0.29, 0.717) is 13.0 Å². The Labute approximate surface area is 87.9 Å². The van der Waals surface area contributed by atoms with E-state index >= 15 is 0 Å². The molecule has 1 aliphatic heterocycles. The van der Waals surface area contributed by atoms with Crippen LogP contribution < -0.4 is 10.2 Å². The highest BCUT2D eigenvalue weighted by molar-refractivity contribution is 6.01. The van der Waals surface area contributed by atoms with Crippen LogP contribution in [0.1, 0.15) is 5.56 Å². The largest absolute Gasteiger partial charge is 0.318 e. The van der Waals surface area contributed by atoms with Crippen LogP contribution >= 0.6 is 0 Å². The van der Waals surface area contributed by atoms with Crippen LogP contribution in [0.3, 0.4) is 0 Å². The van der Waals surface area contributed by atoms with Gasteiger partial charge in [0.25, 0.3) is 0 Å². The zero-order chi connectivity index (χ0) is 10.8. The van der Waals surface area contributed by atoms with Crippen molar-refractivity contribution in [3.63, 3.8) is 0 Å². The molecule has 1 aliphatic rings. The predicted molar refractivity (Wildman–Crippen MR) is 56.4 cm³/mol. The number of halogens is 1. The first-order valence-electron chi connectivity index (χ1n) is 4.96. The third-order valence-corrected chi connectivity index (χ3v) is 2.56. The monoisotopic (exact) mass is 208 g/mol. The van der Waals surface area contributed by atoms with Crippen LogP contribution in [0, 0.1) is 5.82 Å². The second kappa shape index (κ2) is 3.98. The molecule has 80 valence electrons. The van der Waals surface area contributed by atoms with Crippen molar-refractivity contribution >= 4 is 11.6 Å². The summed E-state index contributed by atoms with van der Waals surface area (Å²) in [5, 5.41) is 2.99. The van der Waals surface area contributed by atoms with E-state index in [1.807, 2.05) is 7.05 Å². The zero-order valence-electron chi connectivity index (χ0n) is 8.59. The van der Waals surface area contributed by atoms with E-state index in [1.165, 1.54) is 12.1 Å². The number of benzene rings is 1. The highest BCUT2D eigenvalue weighted by atomic mass is 19.1. The molecule has 4 heteroatoms. The zero-order valence-corrected chi connectivity index (χ0v) is 8.59. The van der Waals surface area contributed by atoms with Gasteiger partial charge in [0.1, 0.15) is 5.82 Å². The maximum Gasteiger partial charge on any atom is 0.231 e. The molecular weight excluding hydrogens is 195 g/mol. The molecule has 0 atom stereocenters. The van der Waals surface area contributed by atoms with Gasteiger partial charge in [-0.15, -0.1) is 0 Å². The Balaban J connectivity index is 2.25. The smallest absolute Gasteiger partial charge is 0.231 e. The van der Waals surface area contributed by atoms with Gasteiger partial charge in [0.2, 0.25) is 5.91 Å². The fourth-order valence-electron chi connectivity index (χ4n) is 1.82. The normalized spacial score (nSPS) is 14.5. The van der Waals surface area contributed by atoms with Gasteiger partial charge < -0.3 is 10.2 Å². The van der Waals surface area contributed by atoms with Crippen molar-refractivity contribution in [2.24, 2.45) is 0 Å². The van der Waals surface area contributed by atoms with Crippen LogP contribution in [-0.2, 0) is 11.2 Å². The van der Waals surface area contributed by atoms with Gasteiger partial charge >= 0.3 is 0 Å².